The predicted octanol–water partition coefficient (Wildman–Crippen LogP) is 1.70. The maximum Gasteiger partial charge on any atom is 0.112 e. The van der Waals surface area contributed by atoms with Crippen molar-refractivity contribution in [3.63, 3.8) is 0 Å². The normalized spacial score (nSPS) is 31.6. The van der Waals surface area contributed by atoms with Gasteiger partial charge in [-0.05, 0) is 18.6 Å². The first kappa shape index (κ1) is 7.74. The van der Waals surface area contributed by atoms with Crippen LogP contribution in [0.1, 0.15) is 26.0 Å². The molecule has 1 unspecified atom stereocenters. The van der Waals surface area contributed by atoms with Gasteiger partial charge in [0.1, 0.15) is 5.60 Å². The molecule has 0 radical (unpaired) electrons. The third kappa shape index (κ3) is 0.879. The molecule has 0 bridgehead atoms. The zero-order valence-electron chi connectivity index (χ0n) is 7.41. The van der Waals surface area contributed by atoms with Crippen LogP contribution < -0.4 is 0 Å². The molecule has 2 nitrogen and oxygen atoms in total. The molecule has 1 aromatic rings. The molecule has 1 fully saturated rings. The van der Waals surface area contributed by atoms with E-state index in [1.807, 2.05) is 18.2 Å². The Balaban J connectivity index is 2.35. The minimum atomic E-state index is -0.672. The van der Waals surface area contributed by atoms with Gasteiger partial charge in [-0.3, -0.25) is 4.98 Å². The number of aromatic nitrogens is 1. The summed E-state index contributed by atoms with van der Waals surface area (Å²) >= 11 is 0. The summed E-state index contributed by atoms with van der Waals surface area (Å²) in [5.74, 6) is 0. The Bertz CT molecular complexity index is 294. The van der Waals surface area contributed by atoms with Gasteiger partial charge in [-0.2, -0.15) is 0 Å². The number of hydrogen-bond acceptors (Lipinski definition) is 2. The summed E-state index contributed by atoms with van der Waals surface area (Å²) in [6.45, 7) is 4.11. The van der Waals surface area contributed by atoms with Crippen LogP contribution in [0.2, 0.25) is 0 Å². The number of nitrogens with zero attached hydrogens (tertiary/aromatic N) is 1. The van der Waals surface area contributed by atoms with E-state index in [4.69, 9.17) is 0 Å². The molecule has 0 amide bonds. The van der Waals surface area contributed by atoms with Crippen LogP contribution in [-0.2, 0) is 5.60 Å². The topological polar surface area (TPSA) is 33.1 Å². The molecule has 0 saturated heterocycles. The Labute approximate surface area is 72.3 Å². The van der Waals surface area contributed by atoms with E-state index in [0.29, 0.717) is 0 Å². The van der Waals surface area contributed by atoms with Gasteiger partial charge in [0, 0.05) is 11.6 Å². The zero-order valence-corrected chi connectivity index (χ0v) is 7.41. The van der Waals surface area contributed by atoms with E-state index < -0.39 is 5.60 Å². The molecule has 1 aliphatic carbocycles. The fourth-order valence-corrected chi connectivity index (χ4v) is 1.64. The van der Waals surface area contributed by atoms with E-state index in [1.165, 1.54) is 0 Å². The number of rotatable bonds is 1. The fourth-order valence-electron chi connectivity index (χ4n) is 1.64. The van der Waals surface area contributed by atoms with Gasteiger partial charge in [0.2, 0.25) is 0 Å². The summed E-state index contributed by atoms with van der Waals surface area (Å²) in [5.41, 5.74) is 0.130. The zero-order chi connectivity index (χ0) is 8.82. The lowest BCUT2D eigenvalue weighted by atomic mass is 10.0. The third-order valence-electron chi connectivity index (χ3n) is 2.78. The van der Waals surface area contributed by atoms with Gasteiger partial charge in [-0.15, -0.1) is 0 Å². The van der Waals surface area contributed by atoms with Crippen LogP contribution in [0.5, 0.6) is 0 Å². The molecule has 1 heterocycles. The number of hydrogen-bond donors (Lipinski definition) is 1. The van der Waals surface area contributed by atoms with Crippen molar-refractivity contribution in [2.45, 2.75) is 25.9 Å². The fraction of sp³-hybridized carbons (Fsp3) is 0.500. The second-order valence-electron chi connectivity index (χ2n) is 4.14. The number of aliphatic hydroxyl groups is 1. The molecular formula is C10H13NO. The van der Waals surface area contributed by atoms with Crippen molar-refractivity contribution in [3.05, 3.63) is 30.1 Å². The quantitative estimate of drug-likeness (QED) is 0.683. The Hall–Kier alpha value is -0.890. The van der Waals surface area contributed by atoms with Crippen LogP contribution >= 0.6 is 0 Å². The smallest absolute Gasteiger partial charge is 0.112 e. The molecule has 0 aromatic carbocycles. The molecule has 1 saturated carbocycles. The first-order valence-electron chi connectivity index (χ1n) is 4.20. The van der Waals surface area contributed by atoms with Gasteiger partial charge in [-0.25, -0.2) is 0 Å². The van der Waals surface area contributed by atoms with E-state index in [0.717, 1.165) is 12.1 Å². The van der Waals surface area contributed by atoms with Gasteiger partial charge < -0.3 is 5.11 Å². The second kappa shape index (κ2) is 2.07. The summed E-state index contributed by atoms with van der Waals surface area (Å²) in [6.07, 6.45) is 2.54. The van der Waals surface area contributed by atoms with E-state index in [1.54, 1.807) is 6.20 Å². The lowest BCUT2D eigenvalue weighted by molar-refractivity contribution is 0.104. The van der Waals surface area contributed by atoms with Crippen molar-refractivity contribution in [2.24, 2.45) is 5.41 Å². The first-order valence-corrected chi connectivity index (χ1v) is 4.20. The summed E-state index contributed by atoms with van der Waals surface area (Å²) in [4.78, 5) is 4.16. The van der Waals surface area contributed by atoms with Crippen molar-refractivity contribution in [2.75, 3.05) is 0 Å². The second-order valence-corrected chi connectivity index (χ2v) is 4.14. The van der Waals surface area contributed by atoms with E-state index in [-0.39, 0.29) is 5.41 Å². The molecule has 64 valence electrons. The minimum absolute atomic E-state index is 0.00134. The Morgan fingerprint density at radius 1 is 1.42 bits per heavy atom. The molecular weight excluding hydrogens is 150 g/mol. The number of pyridine rings is 1. The Morgan fingerprint density at radius 2 is 2.08 bits per heavy atom. The van der Waals surface area contributed by atoms with Crippen LogP contribution in [-0.4, -0.2) is 10.1 Å². The Kier molecular flexibility index (Phi) is 1.34. The summed E-state index contributed by atoms with van der Waals surface area (Å²) in [5, 5.41) is 10.1. The van der Waals surface area contributed by atoms with Crippen LogP contribution in [0.4, 0.5) is 0 Å². The molecule has 2 heteroatoms. The average Bonchev–Trinajstić information content (AvgIpc) is 2.55. The van der Waals surface area contributed by atoms with Crippen molar-refractivity contribution < 1.29 is 5.11 Å². The standard InChI is InChI=1S/C10H13NO/c1-9(2)7-10(9,12)8-5-3-4-6-11-8/h3-6,12H,7H2,1-2H3. The molecule has 2 rings (SSSR count). The highest BCUT2D eigenvalue weighted by atomic mass is 16.3. The van der Waals surface area contributed by atoms with Crippen molar-refractivity contribution in [1.29, 1.82) is 0 Å². The molecule has 1 atom stereocenters. The summed E-state index contributed by atoms with van der Waals surface area (Å²) in [6, 6.07) is 5.66. The van der Waals surface area contributed by atoms with Gasteiger partial charge in [-0.1, -0.05) is 19.9 Å². The highest BCUT2D eigenvalue weighted by molar-refractivity contribution is 5.26. The molecule has 0 spiro atoms. The largest absolute Gasteiger partial charge is 0.383 e. The van der Waals surface area contributed by atoms with Crippen molar-refractivity contribution >= 4 is 0 Å². The van der Waals surface area contributed by atoms with Gasteiger partial charge >= 0.3 is 0 Å². The first-order chi connectivity index (χ1) is 5.56. The molecule has 1 aliphatic rings. The minimum Gasteiger partial charge on any atom is -0.383 e. The highest BCUT2D eigenvalue weighted by Gasteiger charge is 2.62. The van der Waals surface area contributed by atoms with Crippen LogP contribution in [0.15, 0.2) is 24.4 Å². The molecule has 1 N–H and O–H groups in total. The maximum absolute atomic E-state index is 10.1. The monoisotopic (exact) mass is 163 g/mol. The SMILES string of the molecule is CC1(C)CC1(O)c1ccccn1. The van der Waals surface area contributed by atoms with Gasteiger partial charge in [0.15, 0.2) is 0 Å². The van der Waals surface area contributed by atoms with E-state index in [2.05, 4.69) is 18.8 Å². The lowest BCUT2D eigenvalue weighted by Gasteiger charge is -2.12. The van der Waals surface area contributed by atoms with Crippen LogP contribution in [0.25, 0.3) is 0 Å². The van der Waals surface area contributed by atoms with Crippen LogP contribution in [0.3, 0.4) is 0 Å². The third-order valence-corrected chi connectivity index (χ3v) is 2.78. The lowest BCUT2D eigenvalue weighted by Crippen LogP contribution is -2.14. The van der Waals surface area contributed by atoms with E-state index >= 15 is 0 Å². The molecule has 12 heavy (non-hydrogen) atoms. The Morgan fingerprint density at radius 3 is 2.50 bits per heavy atom. The van der Waals surface area contributed by atoms with Crippen molar-refractivity contribution in [1.82, 2.24) is 4.98 Å². The van der Waals surface area contributed by atoms with Gasteiger partial charge in [0.05, 0.1) is 5.69 Å². The predicted molar refractivity (Wildman–Crippen MR) is 46.5 cm³/mol. The van der Waals surface area contributed by atoms with Crippen LogP contribution in [0, 0.1) is 5.41 Å². The maximum atomic E-state index is 10.1. The highest BCUT2D eigenvalue weighted by Crippen LogP contribution is 2.61. The average molecular weight is 163 g/mol. The van der Waals surface area contributed by atoms with Crippen molar-refractivity contribution in [3.8, 4) is 0 Å². The summed E-state index contributed by atoms with van der Waals surface area (Å²) < 4.78 is 0. The molecule has 1 aromatic heterocycles. The summed E-state index contributed by atoms with van der Waals surface area (Å²) in [7, 11) is 0. The van der Waals surface area contributed by atoms with E-state index in [9.17, 15) is 5.11 Å². The molecule has 0 aliphatic heterocycles. The van der Waals surface area contributed by atoms with Gasteiger partial charge in [0.25, 0.3) is 0 Å².